The zero-order valence-electron chi connectivity index (χ0n) is 10.7. The third-order valence-electron chi connectivity index (χ3n) is 2.66. The Balaban J connectivity index is 2.03. The summed E-state index contributed by atoms with van der Waals surface area (Å²) in [6.07, 6.45) is -2.81. The molecule has 2 rings (SSSR count). The van der Waals surface area contributed by atoms with Crippen LogP contribution in [0.5, 0.6) is 5.75 Å². The number of rotatable bonds is 4. The second-order valence-corrected chi connectivity index (χ2v) is 4.66. The lowest BCUT2D eigenvalue weighted by atomic mass is 10.2. The van der Waals surface area contributed by atoms with Gasteiger partial charge in [-0.3, -0.25) is 4.98 Å². The van der Waals surface area contributed by atoms with Crippen LogP contribution < -0.4 is 10.5 Å². The predicted molar refractivity (Wildman–Crippen MR) is 75.9 cm³/mol. The van der Waals surface area contributed by atoms with E-state index in [1.165, 1.54) is 12.1 Å². The molecule has 0 spiro atoms. The molecule has 0 bridgehead atoms. The van der Waals surface area contributed by atoms with Gasteiger partial charge in [0.2, 0.25) is 0 Å². The van der Waals surface area contributed by atoms with E-state index in [0.29, 0.717) is 11.4 Å². The van der Waals surface area contributed by atoms with Crippen LogP contribution in [0.2, 0.25) is 0 Å². The van der Waals surface area contributed by atoms with Crippen molar-refractivity contribution in [2.24, 2.45) is 5.73 Å². The third-order valence-corrected chi connectivity index (χ3v) is 2.87. The number of benzene rings is 1. The van der Waals surface area contributed by atoms with Crippen LogP contribution >= 0.6 is 12.2 Å². The highest BCUT2D eigenvalue weighted by atomic mass is 32.1. The van der Waals surface area contributed by atoms with Crippen LogP contribution in [0, 0.1) is 0 Å². The second kappa shape index (κ2) is 6.09. The number of nitrogens with zero attached hydrogens (tertiary/aromatic N) is 1. The second-order valence-electron chi connectivity index (χ2n) is 4.22. The molecule has 7 heteroatoms. The molecule has 2 N–H and O–H groups in total. The number of alkyl halides is 3. The van der Waals surface area contributed by atoms with Gasteiger partial charge in [-0.2, -0.15) is 13.2 Å². The molecule has 110 valence electrons. The highest BCUT2D eigenvalue weighted by molar-refractivity contribution is 7.80. The summed E-state index contributed by atoms with van der Waals surface area (Å²) in [5.41, 5.74) is 6.00. The number of pyridine rings is 1. The summed E-state index contributed by atoms with van der Waals surface area (Å²) in [6.45, 7) is 0.184. The summed E-state index contributed by atoms with van der Waals surface area (Å²) >= 11 is 4.82. The molecule has 0 saturated carbocycles. The number of halogens is 3. The standard InChI is InChI=1S/C14H11F3N2OS/c15-14(16,17)10-1-3-11(4-2-10)20-8-9-5-6-19-12(7-9)13(18)21/h1-7H,8H2,(H2,18,21). The fourth-order valence-electron chi connectivity index (χ4n) is 1.61. The van der Waals surface area contributed by atoms with Crippen LogP contribution in [-0.2, 0) is 12.8 Å². The number of hydrogen-bond acceptors (Lipinski definition) is 3. The number of hydrogen-bond donors (Lipinski definition) is 1. The molecule has 0 aliphatic rings. The van der Waals surface area contributed by atoms with Crippen molar-refractivity contribution in [2.75, 3.05) is 0 Å². The molecule has 2 aromatic rings. The molecule has 0 atom stereocenters. The zero-order chi connectivity index (χ0) is 15.5. The van der Waals surface area contributed by atoms with E-state index < -0.39 is 11.7 Å². The summed E-state index contributed by atoms with van der Waals surface area (Å²) in [4.78, 5) is 4.16. The van der Waals surface area contributed by atoms with Gasteiger partial charge in [-0.1, -0.05) is 12.2 Å². The van der Waals surface area contributed by atoms with Crippen LogP contribution in [0.25, 0.3) is 0 Å². The molecule has 1 aromatic heterocycles. The van der Waals surface area contributed by atoms with Crippen molar-refractivity contribution in [3.8, 4) is 5.75 Å². The van der Waals surface area contributed by atoms with Crippen LogP contribution in [0.1, 0.15) is 16.8 Å². The van der Waals surface area contributed by atoms with Crippen molar-refractivity contribution in [2.45, 2.75) is 12.8 Å². The maximum atomic E-state index is 12.4. The van der Waals surface area contributed by atoms with Crippen molar-refractivity contribution in [1.82, 2.24) is 4.98 Å². The van der Waals surface area contributed by atoms with Crippen LogP contribution in [-0.4, -0.2) is 9.97 Å². The number of nitrogens with two attached hydrogens (primary N) is 1. The van der Waals surface area contributed by atoms with Crippen molar-refractivity contribution in [1.29, 1.82) is 0 Å². The molecule has 1 heterocycles. The van der Waals surface area contributed by atoms with E-state index in [0.717, 1.165) is 17.7 Å². The lowest BCUT2D eigenvalue weighted by Gasteiger charge is -2.09. The number of aromatic nitrogens is 1. The number of ether oxygens (including phenoxy) is 1. The van der Waals surface area contributed by atoms with Gasteiger partial charge in [0.1, 0.15) is 17.3 Å². The Morgan fingerprint density at radius 2 is 1.86 bits per heavy atom. The maximum Gasteiger partial charge on any atom is 0.416 e. The van der Waals surface area contributed by atoms with Crippen LogP contribution in [0.15, 0.2) is 42.6 Å². The SMILES string of the molecule is NC(=S)c1cc(COc2ccc(C(F)(F)F)cc2)ccn1. The summed E-state index contributed by atoms with van der Waals surface area (Å²) < 4.78 is 42.7. The normalized spacial score (nSPS) is 11.2. The molecule has 0 radical (unpaired) electrons. The molecule has 3 nitrogen and oxygen atoms in total. The van der Waals surface area contributed by atoms with Crippen molar-refractivity contribution >= 4 is 17.2 Å². The van der Waals surface area contributed by atoms with E-state index in [-0.39, 0.29) is 11.6 Å². The molecule has 21 heavy (non-hydrogen) atoms. The Morgan fingerprint density at radius 3 is 2.43 bits per heavy atom. The summed E-state index contributed by atoms with van der Waals surface area (Å²) in [6, 6.07) is 7.89. The van der Waals surface area contributed by atoms with E-state index in [1.54, 1.807) is 18.3 Å². The third kappa shape index (κ3) is 4.16. The zero-order valence-corrected chi connectivity index (χ0v) is 11.5. The van der Waals surface area contributed by atoms with Gasteiger partial charge in [0.05, 0.1) is 11.3 Å². The largest absolute Gasteiger partial charge is 0.489 e. The number of thiocarbonyl (C=S) groups is 1. The quantitative estimate of drug-likeness (QED) is 0.880. The van der Waals surface area contributed by atoms with Crippen molar-refractivity contribution in [3.63, 3.8) is 0 Å². The molecule has 0 aliphatic heterocycles. The highest BCUT2D eigenvalue weighted by Crippen LogP contribution is 2.30. The smallest absolute Gasteiger partial charge is 0.416 e. The lowest BCUT2D eigenvalue weighted by Crippen LogP contribution is -2.12. The summed E-state index contributed by atoms with van der Waals surface area (Å²) in [5.74, 6) is 0.344. The first-order chi connectivity index (χ1) is 9.86. The highest BCUT2D eigenvalue weighted by Gasteiger charge is 2.29. The van der Waals surface area contributed by atoms with E-state index in [9.17, 15) is 13.2 Å². The van der Waals surface area contributed by atoms with Gasteiger partial charge < -0.3 is 10.5 Å². The molecule has 0 aliphatic carbocycles. The van der Waals surface area contributed by atoms with Gasteiger partial charge in [-0.25, -0.2) is 0 Å². The first-order valence-electron chi connectivity index (χ1n) is 5.91. The first kappa shape index (κ1) is 15.2. The Labute approximate surface area is 124 Å². The van der Waals surface area contributed by atoms with E-state index in [2.05, 4.69) is 4.98 Å². The first-order valence-corrected chi connectivity index (χ1v) is 6.32. The van der Waals surface area contributed by atoms with Crippen LogP contribution in [0.3, 0.4) is 0 Å². The molecule has 1 aromatic carbocycles. The predicted octanol–water partition coefficient (Wildman–Crippen LogP) is 3.31. The Morgan fingerprint density at radius 1 is 1.19 bits per heavy atom. The van der Waals surface area contributed by atoms with Crippen LogP contribution in [0.4, 0.5) is 13.2 Å². The summed E-state index contributed by atoms with van der Waals surface area (Å²) in [5, 5.41) is 0. The van der Waals surface area contributed by atoms with Gasteiger partial charge in [0, 0.05) is 6.20 Å². The fraction of sp³-hybridized carbons (Fsp3) is 0.143. The monoisotopic (exact) mass is 312 g/mol. The van der Waals surface area contributed by atoms with Gasteiger partial charge >= 0.3 is 6.18 Å². The molecule has 0 fully saturated rings. The van der Waals surface area contributed by atoms with Gasteiger partial charge in [-0.05, 0) is 42.0 Å². The van der Waals surface area contributed by atoms with E-state index in [4.69, 9.17) is 22.7 Å². The minimum absolute atomic E-state index is 0.173. The van der Waals surface area contributed by atoms with Crippen molar-refractivity contribution < 1.29 is 17.9 Å². The van der Waals surface area contributed by atoms with Gasteiger partial charge in [0.15, 0.2) is 0 Å². The Hall–Kier alpha value is -2.15. The summed E-state index contributed by atoms with van der Waals surface area (Å²) in [7, 11) is 0. The minimum Gasteiger partial charge on any atom is -0.489 e. The molecular weight excluding hydrogens is 301 g/mol. The molecule has 0 saturated heterocycles. The average molecular weight is 312 g/mol. The Bertz CT molecular complexity index is 641. The van der Waals surface area contributed by atoms with Gasteiger partial charge in [0.25, 0.3) is 0 Å². The maximum absolute atomic E-state index is 12.4. The fourth-order valence-corrected chi connectivity index (χ4v) is 1.72. The average Bonchev–Trinajstić information content (AvgIpc) is 2.45. The van der Waals surface area contributed by atoms with E-state index in [1.807, 2.05) is 0 Å². The molecule has 0 unspecified atom stereocenters. The minimum atomic E-state index is -4.35. The topological polar surface area (TPSA) is 48.1 Å². The van der Waals surface area contributed by atoms with Crippen molar-refractivity contribution in [3.05, 3.63) is 59.4 Å². The lowest BCUT2D eigenvalue weighted by molar-refractivity contribution is -0.137. The molecule has 0 amide bonds. The van der Waals surface area contributed by atoms with E-state index >= 15 is 0 Å². The van der Waals surface area contributed by atoms with Gasteiger partial charge in [-0.15, -0.1) is 0 Å². The molecular formula is C14H11F3N2OS. The Kier molecular flexibility index (Phi) is 4.42.